The van der Waals surface area contributed by atoms with Gasteiger partial charge in [0, 0.05) is 12.2 Å². The Morgan fingerprint density at radius 1 is 1.12 bits per heavy atom. The molecular weight excluding hydrogens is 339 g/mol. The van der Waals surface area contributed by atoms with E-state index < -0.39 is 6.36 Å². The van der Waals surface area contributed by atoms with Gasteiger partial charge >= 0.3 is 6.36 Å². The number of benzene rings is 1. The van der Waals surface area contributed by atoms with E-state index in [0.717, 1.165) is 12.1 Å². The van der Waals surface area contributed by atoms with Gasteiger partial charge in [0.2, 0.25) is 11.8 Å². The number of amides is 2. The number of rotatable bonds is 8. The highest BCUT2D eigenvalue weighted by atomic mass is 19.4. The van der Waals surface area contributed by atoms with E-state index >= 15 is 0 Å². The Labute approximate surface area is 144 Å². The van der Waals surface area contributed by atoms with Crippen LogP contribution in [0.4, 0.5) is 18.9 Å². The standard InChI is InChI=1S/C16H22F3N3O3/c1-11(2)8-20-14(23)9-22(3)10-15(24)21-12-4-6-13(7-5-12)25-16(17,18)19/h4-7,11H,8-10H2,1-3H3,(H,20,23)(H,21,24). The molecule has 9 heteroatoms. The van der Waals surface area contributed by atoms with Crippen molar-refractivity contribution in [3.8, 4) is 5.75 Å². The number of anilines is 1. The van der Waals surface area contributed by atoms with Crippen molar-refractivity contribution in [1.29, 1.82) is 0 Å². The molecule has 0 radical (unpaired) electrons. The zero-order valence-electron chi connectivity index (χ0n) is 14.3. The number of likely N-dealkylation sites (N-methyl/N-ethyl adjacent to an activating group) is 1. The molecule has 0 heterocycles. The second-order valence-corrected chi connectivity index (χ2v) is 5.99. The predicted molar refractivity (Wildman–Crippen MR) is 87.1 cm³/mol. The van der Waals surface area contributed by atoms with Crippen LogP contribution in [0.3, 0.4) is 0 Å². The van der Waals surface area contributed by atoms with Gasteiger partial charge in [-0.25, -0.2) is 0 Å². The minimum Gasteiger partial charge on any atom is -0.406 e. The highest BCUT2D eigenvalue weighted by Gasteiger charge is 2.30. The van der Waals surface area contributed by atoms with Gasteiger partial charge in [-0.1, -0.05) is 13.8 Å². The first-order chi connectivity index (χ1) is 11.5. The summed E-state index contributed by atoms with van der Waals surface area (Å²) in [5.41, 5.74) is 0.331. The Kier molecular flexibility index (Phi) is 7.69. The molecule has 0 fully saturated rings. The van der Waals surface area contributed by atoms with Crippen LogP contribution in [0, 0.1) is 5.92 Å². The van der Waals surface area contributed by atoms with E-state index in [-0.39, 0.29) is 30.7 Å². The average Bonchev–Trinajstić information content (AvgIpc) is 2.45. The molecule has 0 spiro atoms. The molecule has 1 aromatic carbocycles. The summed E-state index contributed by atoms with van der Waals surface area (Å²) in [5.74, 6) is -0.604. The van der Waals surface area contributed by atoms with Gasteiger partial charge in [-0.2, -0.15) is 0 Å². The number of ether oxygens (including phenoxy) is 1. The Morgan fingerprint density at radius 2 is 1.68 bits per heavy atom. The predicted octanol–water partition coefficient (Wildman–Crippen LogP) is 2.23. The number of hydrogen-bond donors (Lipinski definition) is 2. The fraction of sp³-hybridized carbons (Fsp3) is 0.500. The minimum atomic E-state index is -4.76. The molecule has 0 aromatic heterocycles. The van der Waals surface area contributed by atoms with E-state index in [2.05, 4.69) is 15.4 Å². The van der Waals surface area contributed by atoms with Crippen molar-refractivity contribution in [3.05, 3.63) is 24.3 Å². The highest BCUT2D eigenvalue weighted by molar-refractivity contribution is 5.92. The Balaban J connectivity index is 2.41. The molecule has 0 saturated heterocycles. The molecule has 0 saturated carbocycles. The number of hydrogen-bond acceptors (Lipinski definition) is 4. The summed E-state index contributed by atoms with van der Waals surface area (Å²) in [6.07, 6.45) is -4.76. The maximum absolute atomic E-state index is 12.1. The maximum Gasteiger partial charge on any atom is 0.573 e. The Morgan fingerprint density at radius 3 is 2.20 bits per heavy atom. The molecule has 140 valence electrons. The molecule has 1 aromatic rings. The third kappa shape index (κ3) is 9.55. The van der Waals surface area contributed by atoms with Crippen LogP contribution in [0.25, 0.3) is 0 Å². The van der Waals surface area contributed by atoms with Gasteiger partial charge < -0.3 is 15.4 Å². The molecule has 0 aliphatic heterocycles. The molecule has 0 atom stereocenters. The molecule has 0 unspecified atom stereocenters. The first kappa shape index (κ1) is 20.8. The first-order valence-electron chi connectivity index (χ1n) is 7.66. The molecule has 1 rings (SSSR count). The zero-order chi connectivity index (χ0) is 19.0. The van der Waals surface area contributed by atoms with Crippen molar-refractivity contribution in [2.75, 3.05) is 32.0 Å². The smallest absolute Gasteiger partial charge is 0.406 e. The van der Waals surface area contributed by atoms with Gasteiger partial charge in [-0.3, -0.25) is 14.5 Å². The van der Waals surface area contributed by atoms with Crippen molar-refractivity contribution in [3.63, 3.8) is 0 Å². The fourth-order valence-corrected chi connectivity index (χ4v) is 1.86. The summed E-state index contributed by atoms with van der Waals surface area (Å²) in [4.78, 5) is 25.1. The lowest BCUT2D eigenvalue weighted by Gasteiger charge is -2.16. The number of alkyl halides is 3. The topological polar surface area (TPSA) is 70.7 Å². The van der Waals surface area contributed by atoms with Crippen LogP contribution < -0.4 is 15.4 Å². The third-order valence-electron chi connectivity index (χ3n) is 2.91. The van der Waals surface area contributed by atoms with E-state index in [0.29, 0.717) is 18.2 Å². The molecule has 0 bridgehead atoms. The van der Waals surface area contributed by atoms with Crippen LogP contribution in [0.2, 0.25) is 0 Å². The second-order valence-electron chi connectivity index (χ2n) is 5.99. The second kappa shape index (κ2) is 9.26. The maximum atomic E-state index is 12.1. The Bertz CT molecular complexity index is 574. The van der Waals surface area contributed by atoms with Gasteiger partial charge in [-0.15, -0.1) is 13.2 Å². The van der Waals surface area contributed by atoms with E-state index in [1.807, 2.05) is 13.8 Å². The summed E-state index contributed by atoms with van der Waals surface area (Å²) in [7, 11) is 1.62. The summed E-state index contributed by atoms with van der Waals surface area (Å²) in [5, 5.41) is 5.28. The van der Waals surface area contributed by atoms with Crippen molar-refractivity contribution < 1.29 is 27.5 Å². The van der Waals surface area contributed by atoms with E-state index in [4.69, 9.17) is 0 Å². The SMILES string of the molecule is CC(C)CNC(=O)CN(C)CC(=O)Nc1ccc(OC(F)(F)F)cc1. The lowest BCUT2D eigenvalue weighted by molar-refractivity contribution is -0.274. The minimum absolute atomic E-state index is 0.0318. The van der Waals surface area contributed by atoms with Gasteiger partial charge in [0.25, 0.3) is 0 Å². The molecular formula is C16H22F3N3O3. The van der Waals surface area contributed by atoms with Crippen molar-refractivity contribution in [2.45, 2.75) is 20.2 Å². The molecule has 2 N–H and O–H groups in total. The number of nitrogens with one attached hydrogen (secondary N) is 2. The summed E-state index contributed by atoms with van der Waals surface area (Å²) in [6.45, 7) is 4.55. The molecule has 2 amide bonds. The van der Waals surface area contributed by atoms with Gasteiger partial charge in [0.1, 0.15) is 5.75 Å². The molecule has 0 aliphatic rings. The monoisotopic (exact) mass is 361 g/mol. The lowest BCUT2D eigenvalue weighted by Crippen LogP contribution is -2.39. The van der Waals surface area contributed by atoms with Gasteiger partial charge in [-0.05, 0) is 37.2 Å². The van der Waals surface area contributed by atoms with Gasteiger partial charge in [0.15, 0.2) is 0 Å². The van der Waals surface area contributed by atoms with Gasteiger partial charge in [0.05, 0.1) is 13.1 Å². The van der Waals surface area contributed by atoms with Crippen molar-refractivity contribution in [1.82, 2.24) is 10.2 Å². The van der Waals surface area contributed by atoms with E-state index in [1.165, 1.54) is 17.0 Å². The van der Waals surface area contributed by atoms with Crippen molar-refractivity contribution >= 4 is 17.5 Å². The summed E-state index contributed by atoms with van der Waals surface area (Å²) in [6, 6.07) is 4.81. The lowest BCUT2D eigenvalue weighted by atomic mass is 10.2. The average molecular weight is 361 g/mol. The number of carbonyl (C=O) groups is 2. The van der Waals surface area contributed by atoms with Crippen LogP contribution >= 0.6 is 0 Å². The third-order valence-corrected chi connectivity index (χ3v) is 2.91. The van der Waals surface area contributed by atoms with Crippen LogP contribution in [0.15, 0.2) is 24.3 Å². The fourth-order valence-electron chi connectivity index (χ4n) is 1.86. The Hall–Kier alpha value is -2.29. The number of nitrogens with zero attached hydrogens (tertiary/aromatic N) is 1. The molecule has 25 heavy (non-hydrogen) atoms. The molecule has 0 aliphatic carbocycles. The molecule has 6 nitrogen and oxygen atoms in total. The zero-order valence-corrected chi connectivity index (χ0v) is 14.3. The van der Waals surface area contributed by atoms with Crippen molar-refractivity contribution in [2.24, 2.45) is 5.92 Å². The summed E-state index contributed by atoms with van der Waals surface area (Å²) >= 11 is 0. The van der Waals surface area contributed by atoms with Crippen LogP contribution in [-0.4, -0.2) is 49.8 Å². The first-order valence-corrected chi connectivity index (χ1v) is 7.66. The summed E-state index contributed by atoms with van der Waals surface area (Å²) < 4.78 is 39.9. The quantitative estimate of drug-likeness (QED) is 0.745. The highest BCUT2D eigenvalue weighted by Crippen LogP contribution is 2.23. The van der Waals surface area contributed by atoms with Crippen LogP contribution in [0.1, 0.15) is 13.8 Å². The van der Waals surface area contributed by atoms with E-state index in [9.17, 15) is 22.8 Å². The number of carbonyl (C=O) groups excluding carboxylic acids is 2. The largest absolute Gasteiger partial charge is 0.573 e. The normalized spacial score (nSPS) is 11.5. The van der Waals surface area contributed by atoms with E-state index in [1.54, 1.807) is 7.05 Å². The number of halogens is 3. The van der Waals surface area contributed by atoms with Crippen LogP contribution in [0.5, 0.6) is 5.75 Å². The van der Waals surface area contributed by atoms with Crippen LogP contribution in [-0.2, 0) is 9.59 Å².